The van der Waals surface area contributed by atoms with Crippen molar-refractivity contribution in [1.29, 1.82) is 0 Å². The van der Waals surface area contributed by atoms with Gasteiger partial charge < -0.3 is 9.52 Å². The Hall–Kier alpha value is -2.63. The number of nitro benzene ring substituents is 1. The van der Waals surface area contributed by atoms with Gasteiger partial charge in [0.15, 0.2) is 0 Å². The highest BCUT2D eigenvalue weighted by molar-refractivity contribution is 5.81. The fourth-order valence-electron chi connectivity index (χ4n) is 2.03. The number of hydrogen-bond donors (Lipinski definition) is 1. The van der Waals surface area contributed by atoms with Gasteiger partial charge in [-0.05, 0) is 24.6 Å². The number of nitro groups is 1. The van der Waals surface area contributed by atoms with E-state index in [4.69, 9.17) is 4.42 Å². The van der Waals surface area contributed by atoms with Gasteiger partial charge in [0, 0.05) is 18.6 Å². The van der Waals surface area contributed by atoms with Gasteiger partial charge in [0.05, 0.1) is 16.6 Å². The maximum atomic E-state index is 11.6. The van der Waals surface area contributed by atoms with Crippen molar-refractivity contribution in [3.8, 4) is 0 Å². The van der Waals surface area contributed by atoms with E-state index in [2.05, 4.69) is 0 Å². The second-order valence-corrected chi connectivity index (χ2v) is 4.70. The molecule has 1 unspecified atom stereocenters. The second kappa shape index (κ2) is 5.16. The fraction of sp³-hybridized carbons (Fsp3) is 0.214. The predicted molar refractivity (Wildman–Crippen MR) is 70.5 cm³/mol. The fourth-order valence-corrected chi connectivity index (χ4v) is 2.03. The lowest BCUT2D eigenvalue weighted by atomic mass is 9.78. The number of rotatable bonds is 5. The Kier molecular flexibility index (Phi) is 3.56. The summed E-state index contributed by atoms with van der Waals surface area (Å²) in [4.78, 5) is 21.9. The Morgan fingerprint density at radius 2 is 2.15 bits per heavy atom. The smallest absolute Gasteiger partial charge is 0.314 e. The number of aliphatic carboxylic acids is 1. The largest absolute Gasteiger partial charge is 0.481 e. The first kappa shape index (κ1) is 13.8. The summed E-state index contributed by atoms with van der Waals surface area (Å²) in [6.07, 6.45) is 1.58. The molecule has 20 heavy (non-hydrogen) atoms. The normalized spacial score (nSPS) is 13.7. The summed E-state index contributed by atoms with van der Waals surface area (Å²) in [5.74, 6) is -0.546. The molecule has 0 amide bonds. The molecule has 0 aliphatic rings. The molecule has 1 aromatic heterocycles. The van der Waals surface area contributed by atoms with E-state index >= 15 is 0 Å². The SMILES string of the molecule is CC(Cc1ccco1)(C(=O)O)c1cccc([N+](=O)[O-])c1. The van der Waals surface area contributed by atoms with Crippen molar-refractivity contribution in [2.45, 2.75) is 18.8 Å². The third-order valence-electron chi connectivity index (χ3n) is 3.27. The van der Waals surface area contributed by atoms with E-state index in [0.717, 1.165) is 0 Å². The molecule has 104 valence electrons. The number of carboxylic acid groups (broad SMARTS) is 1. The lowest BCUT2D eigenvalue weighted by Gasteiger charge is -2.24. The van der Waals surface area contributed by atoms with Crippen LogP contribution in [0, 0.1) is 10.1 Å². The van der Waals surface area contributed by atoms with E-state index in [-0.39, 0.29) is 12.1 Å². The molecule has 0 aliphatic carbocycles. The number of benzene rings is 1. The molecule has 1 atom stereocenters. The number of carbonyl (C=O) groups is 1. The van der Waals surface area contributed by atoms with Gasteiger partial charge in [-0.1, -0.05) is 12.1 Å². The standard InChI is InChI=1S/C14H13NO5/c1-14(13(16)17,9-12-6-3-7-20-12)10-4-2-5-11(8-10)15(18)19/h2-8H,9H2,1H3,(H,16,17). The molecule has 0 bridgehead atoms. The van der Waals surface area contributed by atoms with E-state index in [1.807, 2.05) is 0 Å². The van der Waals surface area contributed by atoms with Gasteiger partial charge in [-0.15, -0.1) is 0 Å². The molecule has 2 rings (SSSR count). The Balaban J connectivity index is 2.44. The van der Waals surface area contributed by atoms with Crippen molar-refractivity contribution < 1.29 is 19.2 Å². The van der Waals surface area contributed by atoms with Gasteiger partial charge in [-0.25, -0.2) is 0 Å². The van der Waals surface area contributed by atoms with Gasteiger partial charge in [-0.2, -0.15) is 0 Å². The van der Waals surface area contributed by atoms with E-state index in [0.29, 0.717) is 11.3 Å². The first-order chi connectivity index (χ1) is 9.43. The minimum atomic E-state index is -1.29. The average molecular weight is 275 g/mol. The molecule has 2 aromatic rings. The zero-order valence-electron chi connectivity index (χ0n) is 10.8. The van der Waals surface area contributed by atoms with Crippen LogP contribution in [-0.2, 0) is 16.6 Å². The summed E-state index contributed by atoms with van der Waals surface area (Å²) in [6.45, 7) is 1.52. The third-order valence-corrected chi connectivity index (χ3v) is 3.27. The van der Waals surface area contributed by atoms with Gasteiger partial charge in [-0.3, -0.25) is 14.9 Å². The van der Waals surface area contributed by atoms with Gasteiger partial charge >= 0.3 is 5.97 Å². The third kappa shape index (κ3) is 2.54. The van der Waals surface area contributed by atoms with E-state index in [1.54, 1.807) is 18.2 Å². The first-order valence-corrected chi connectivity index (χ1v) is 5.94. The van der Waals surface area contributed by atoms with Crippen LogP contribution in [0.5, 0.6) is 0 Å². The van der Waals surface area contributed by atoms with Crippen LogP contribution < -0.4 is 0 Å². The van der Waals surface area contributed by atoms with Crippen LogP contribution in [0.1, 0.15) is 18.2 Å². The molecule has 6 nitrogen and oxygen atoms in total. The molecule has 0 saturated heterocycles. The number of non-ortho nitro benzene ring substituents is 1. The van der Waals surface area contributed by atoms with Crippen LogP contribution in [0.25, 0.3) is 0 Å². The summed E-state index contributed by atoms with van der Waals surface area (Å²) in [5, 5.41) is 20.3. The summed E-state index contributed by atoms with van der Waals surface area (Å²) in [6, 6.07) is 9.03. The van der Waals surface area contributed by atoms with Crippen LogP contribution in [0.2, 0.25) is 0 Å². The van der Waals surface area contributed by atoms with E-state index < -0.39 is 16.3 Å². The number of hydrogen-bond acceptors (Lipinski definition) is 4. The maximum absolute atomic E-state index is 11.6. The van der Waals surface area contributed by atoms with Crippen molar-refractivity contribution >= 4 is 11.7 Å². The number of nitrogens with zero attached hydrogens (tertiary/aromatic N) is 1. The molecule has 0 saturated carbocycles. The van der Waals surface area contributed by atoms with Crippen molar-refractivity contribution in [2.24, 2.45) is 0 Å². The summed E-state index contributed by atoms with van der Waals surface area (Å²) in [7, 11) is 0. The summed E-state index contributed by atoms with van der Waals surface area (Å²) < 4.78 is 5.18. The van der Waals surface area contributed by atoms with Crippen LogP contribution in [0.4, 0.5) is 5.69 Å². The Bertz CT molecular complexity index is 635. The van der Waals surface area contributed by atoms with E-state index in [1.165, 1.54) is 31.4 Å². The first-order valence-electron chi connectivity index (χ1n) is 5.94. The maximum Gasteiger partial charge on any atom is 0.314 e. The highest BCUT2D eigenvalue weighted by Gasteiger charge is 2.37. The molecule has 1 heterocycles. The quantitative estimate of drug-likeness (QED) is 0.668. The summed E-state index contributed by atoms with van der Waals surface area (Å²) in [5.41, 5.74) is -1.05. The summed E-state index contributed by atoms with van der Waals surface area (Å²) >= 11 is 0. The van der Waals surface area contributed by atoms with Crippen molar-refractivity contribution in [1.82, 2.24) is 0 Å². The topological polar surface area (TPSA) is 93.6 Å². The van der Waals surface area contributed by atoms with Crippen LogP contribution in [-0.4, -0.2) is 16.0 Å². The van der Waals surface area contributed by atoms with Crippen LogP contribution >= 0.6 is 0 Å². The molecule has 6 heteroatoms. The highest BCUT2D eigenvalue weighted by atomic mass is 16.6. The highest BCUT2D eigenvalue weighted by Crippen LogP contribution is 2.31. The Morgan fingerprint density at radius 3 is 2.70 bits per heavy atom. The van der Waals surface area contributed by atoms with Crippen LogP contribution in [0.15, 0.2) is 47.1 Å². The minimum Gasteiger partial charge on any atom is -0.481 e. The van der Waals surface area contributed by atoms with Crippen molar-refractivity contribution in [3.63, 3.8) is 0 Å². The lowest BCUT2D eigenvalue weighted by Crippen LogP contribution is -2.34. The van der Waals surface area contributed by atoms with Crippen LogP contribution in [0.3, 0.4) is 0 Å². The molecule has 1 aromatic carbocycles. The zero-order valence-corrected chi connectivity index (χ0v) is 10.8. The lowest BCUT2D eigenvalue weighted by molar-refractivity contribution is -0.384. The Labute approximate surface area is 114 Å². The van der Waals surface area contributed by atoms with Gasteiger partial charge in [0.2, 0.25) is 0 Å². The molecule has 0 spiro atoms. The molecular formula is C14H13NO5. The van der Waals surface area contributed by atoms with Gasteiger partial charge in [0.1, 0.15) is 5.76 Å². The molecular weight excluding hydrogens is 262 g/mol. The number of furan rings is 1. The Morgan fingerprint density at radius 1 is 1.40 bits per heavy atom. The monoisotopic (exact) mass is 275 g/mol. The molecule has 0 radical (unpaired) electrons. The zero-order chi connectivity index (χ0) is 14.8. The van der Waals surface area contributed by atoms with Gasteiger partial charge in [0.25, 0.3) is 5.69 Å². The van der Waals surface area contributed by atoms with E-state index in [9.17, 15) is 20.0 Å². The predicted octanol–water partition coefficient (Wildman–Crippen LogP) is 2.77. The van der Waals surface area contributed by atoms with Crippen molar-refractivity contribution in [2.75, 3.05) is 0 Å². The number of carboxylic acids is 1. The molecule has 0 fully saturated rings. The van der Waals surface area contributed by atoms with Crippen molar-refractivity contribution in [3.05, 3.63) is 64.1 Å². The molecule has 0 aliphatic heterocycles. The molecule has 1 N–H and O–H groups in total. The average Bonchev–Trinajstić information content (AvgIpc) is 2.91. The second-order valence-electron chi connectivity index (χ2n) is 4.70. The minimum absolute atomic E-state index is 0.122.